The molecule has 2 heterocycles. The zero-order valence-corrected chi connectivity index (χ0v) is 12.0. The number of hydrogen-bond donors (Lipinski definition) is 2. The summed E-state index contributed by atoms with van der Waals surface area (Å²) in [6.07, 6.45) is 3.50. The van der Waals surface area contributed by atoms with E-state index in [-0.39, 0.29) is 12.6 Å². The third kappa shape index (κ3) is 4.28. The first kappa shape index (κ1) is 15.0. The van der Waals surface area contributed by atoms with Gasteiger partial charge in [0.25, 0.3) is 0 Å². The van der Waals surface area contributed by atoms with Crippen molar-refractivity contribution in [3.63, 3.8) is 0 Å². The molecule has 2 aromatic heterocycles. The van der Waals surface area contributed by atoms with Crippen LogP contribution in [0.2, 0.25) is 0 Å². The van der Waals surface area contributed by atoms with Crippen LogP contribution >= 0.6 is 0 Å². The largest absolute Gasteiger partial charge is 0.383 e. The Morgan fingerprint density at radius 1 is 1.48 bits per heavy atom. The molecule has 0 aromatic carbocycles. The van der Waals surface area contributed by atoms with E-state index in [1.54, 1.807) is 18.0 Å². The number of aromatic nitrogens is 4. The van der Waals surface area contributed by atoms with Gasteiger partial charge in [0, 0.05) is 26.4 Å². The van der Waals surface area contributed by atoms with Crippen LogP contribution in [-0.2, 0) is 17.8 Å². The summed E-state index contributed by atoms with van der Waals surface area (Å²) < 4.78 is 11.7. The lowest BCUT2D eigenvalue weighted by molar-refractivity contribution is 0.195. The van der Waals surface area contributed by atoms with Gasteiger partial charge in [-0.1, -0.05) is 5.16 Å². The molecule has 21 heavy (non-hydrogen) atoms. The summed E-state index contributed by atoms with van der Waals surface area (Å²) in [7, 11) is 1.57. The van der Waals surface area contributed by atoms with Gasteiger partial charge in [-0.3, -0.25) is 4.68 Å². The lowest BCUT2D eigenvalue weighted by atomic mass is 10.3. The maximum Gasteiger partial charge on any atom is 0.315 e. The molecule has 2 aromatic rings. The van der Waals surface area contributed by atoms with E-state index in [9.17, 15) is 4.79 Å². The number of aryl methyl sites for hydroxylation is 1. The van der Waals surface area contributed by atoms with Gasteiger partial charge in [-0.05, 0) is 6.92 Å². The third-order valence-corrected chi connectivity index (χ3v) is 2.68. The minimum atomic E-state index is -0.314. The second-order valence-electron chi connectivity index (χ2n) is 4.20. The van der Waals surface area contributed by atoms with Crippen molar-refractivity contribution in [2.75, 3.05) is 20.3 Å². The maximum absolute atomic E-state index is 11.4. The van der Waals surface area contributed by atoms with E-state index in [0.29, 0.717) is 24.9 Å². The van der Waals surface area contributed by atoms with Gasteiger partial charge in [-0.25, -0.2) is 4.79 Å². The minimum Gasteiger partial charge on any atom is -0.383 e. The van der Waals surface area contributed by atoms with Crippen LogP contribution in [0.4, 0.5) is 4.79 Å². The van der Waals surface area contributed by atoms with Crippen molar-refractivity contribution < 1.29 is 14.1 Å². The Hall–Kier alpha value is -2.42. The molecule has 2 rings (SSSR count). The van der Waals surface area contributed by atoms with Crippen LogP contribution in [0, 0.1) is 0 Å². The molecule has 0 fully saturated rings. The average Bonchev–Trinajstić information content (AvgIpc) is 3.14. The molecule has 114 valence electrons. The Labute approximate surface area is 121 Å². The van der Waals surface area contributed by atoms with Gasteiger partial charge < -0.3 is 19.9 Å². The number of urea groups is 1. The van der Waals surface area contributed by atoms with Gasteiger partial charge in [-0.2, -0.15) is 10.1 Å². The van der Waals surface area contributed by atoms with Crippen molar-refractivity contribution in [3.8, 4) is 11.4 Å². The molecular formula is C12H18N6O3. The standard InChI is InChI=1S/C12H18N6O3/c1-3-18-8-9(6-15-18)11-16-10(21-17-11)7-14-12(19)13-4-5-20-2/h6,8H,3-5,7H2,1-2H3,(H2,13,14,19). The zero-order valence-electron chi connectivity index (χ0n) is 12.0. The molecule has 0 bridgehead atoms. The molecule has 0 aliphatic rings. The number of nitrogens with one attached hydrogen (secondary N) is 2. The van der Waals surface area contributed by atoms with E-state index in [0.717, 1.165) is 12.1 Å². The number of nitrogens with zero attached hydrogens (tertiary/aromatic N) is 4. The van der Waals surface area contributed by atoms with Gasteiger partial charge >= 0.3 is 6.03 Å². The van der Waals surface area contributed by atoms with E-state index >= 15 is 0 Å². The first-order valence-corrected chi connectivity index (χ1v) is 6.59. The van der Waals surface area contributed by atoms with Crippen molar-refractivity contribution in [2.24, 2.45) is 0 Å². The monoisotopic (exact) mass is 294 g/mol. The molecule has 0 aliphatic carbocycles. The Balaban J connectivity index is 1.84. The molecular weight excluding hydrogens is 276 g/mol. The summed E-state index contributed by atoms with van der Waals surface area (Å²) in [5.41, 5.74) is 0.774. The number of ether oxygens (including phenoxy) is 1. The summed E-state index contributed by atoms with van der Waals surface area (Å²) in [5, 5.41) is 13.2. The normalized spacial score (nSPS) is 10.6. The van der Waals surface area contributed by atoms with E-state index in [2.05, 4.69) is 25.9 Å². The first-order valence-electron chi connectivity index (χ1n) is 6.59. The molecule has 9 nitrogen and oxygen atoms in total. The van der Waals surface area contributed by atoms with Gasteiger partial charge in [0.15, 0.2) is 0 Å². The van der Waals surface area contributed by atoms with Crippen LogP contribution in [-0.4, -0.2) is 46.2 Å². The highest BCUT2D eigenvalue weighted by molar-refractivity contribution is 5.73. The van der Waals surface area contributed by atoms with E-state index < -0.39 is 0 Å². The summed E-state index contributed by atoms with van der Waals surface area (Å²) in [5.74, 6) is 0.780. The van der Waals surface area contributed by atoms with Crippen LogP contribution in [0.5, 0.6) is 0 Å². The van der Waals surface area contributed by atoms with Crippen LogP contribution in [0.25, 0.3) is 11.4 Å². The SMILES string of the molecule is CCn1cc(-c2noc(CNC(=O)NCCOC)n2)cn1. The highest BCUT2D eigenvalue weighted by atomic mass is 16.5. The number of carbonyl (C=O) groups excluding carboxylic acids is 1. The minimum absolute atomic E-state index is 0.160. The molecule has 0 radical (unpaired) electrons. The molecule has 0 saturated carbocycles. The predicted molar refractivity (Wildman–Crippen MR) is 73.3 cm³/mol. The summed E-state index contributed by atoms with van der Waals surface area (Å²) in [4.78, 5) is 15.6. The molecule has 0 saturated heterocycles. The molecule has 9 heteroatoms. The highest BCUT2D eigenvalue weighted by Gasteiger charge is 2.11. The summed E-state index contributed by atoms with van der Waals surface area (Å²) >= 11 is 0. The molecule has 0 spiro atoms. The fraction of sp³-hybridized carbons (Fsp3) is 0.500. The number of carbonyl (C=O) groups is 1. The zero-order chi connectivity index (χ0) is 15.1. The fourth-order valence-corrected chi connectivity index (χ4v) is 1.58. The van der Waals surface area contributed by atoms with E-state index in [4.69, 9.17) is 9.26 Å². The predicted octanol–water partition coefficient (Wildman–Crippen LogP) is 0.399. The van der Waals surface area contributed by atoms with Crippen molar-refractivity contribution in [3.05, 3.63) is 18.3 Å². The van der Waals surface area contributed by atoms with Gasteiger partial charge in [0.05, 0.1) is 24.9 Å². The topological polar surface area (TPSA) is 107 Å². The number of methoxy groups -OCH3 is 1. The Kier molecular flexibility index (Phi) is 5.27. The Morgan fingerprint density at radius 3 is 3.05 bits per heavy atom. The quantitative estimate of drug-likeness (QED) is 0.716. The second kappa shape index (κ2) is 7.39. The van der Waals surface area contributed by atoms with Crippen LogP contribution in [0.1, 0.15) is 12.8 Å². The maximum atomic E-state index is 11.4. The van der Waals surface area contributed by atoms with Crippen molar-refractivity contribution in [2.45, 2.75) is 20.0 Å². The van der Waals surface area contributed by atoms with Gasteiger partial charge in [0.2, 0.25) is 11.7 Å². The van der Waals surface area contributed by atoms with Crippen LogP contribution < -0.4 is 10.6 Å². The fourth-order valence-electron chi connectivity index (χ4n) is 1.58. The summed E-state index contributed by atoms with van der Waals surface area (Å²) in [6.45, 7) is 3.82. The molecule has 0 unspecified atom stereocenters. The average molecular weight is 294 g/mol. The van der Waals surface area contributed by atoms with E-state index in [1.165, 1.54) is 0 Å². The smallest absolute Gasteiger partial charge is 0.315 e. The van der Waals surface area contributed by atoms with Crippen molar-refractivity contribution in [1.29, 1.82) is 0 Å². The second-order valence-corrected chi connectivity index (χ2v) is 4.20. The van der Waals surface area contributed by atoms with Crippen molar-refractivity contribution >= 4 is 6.03 Å². The third-order valence-electron chi connectivity index (χ3n) is 2.68. The Morgan fingerprint density at radius 2 is 2.33 bits per heavy atom. The van der Waals surface area contributed by atoms with Crippen LogP contribution in [0.3, 0.4) is 0 Å². The molecule has 2 amide bonds. The number of rotatable bonds is 7. The Bertz CT molecular complexity index is 579. The first-order chi connectivity index (χ1) is 10.2. The van der Waals surface area contributed by atoms with Gasteiger partial charge in [-0.15, -0.1) is 0 Å². The molecule has 2 N–H and O–H groups in total. The number of hydrogen-bond acceptors (Lipinski definition) is 6. The number of amides is 2. The van der Waals surface area contributed by atoms with Crippen molar-refractivity contribution in [1.82, 2.24) is 30.6 Å². The molecule has 0 aliphatic heterocycles. The lowest BCUT2D eigenvalue weighted by Gasteiger charge is -2.04. The van der Waals surface area contributed by atoms with Crippen LogP contribution in [0.15, 0.2) is 16.9 Å². The van der Waals surface area contributed by atoms with Gasteiger partial charge in [0.1, 0.15) is 0 Å². The van der Waals surface area contributed by atoms with E-state index in [1.807, 2.05) is 13.1 Å². The molecule has 0 atom stereocenters. The summed E-state index contributed by atoms with van der Waals surface area (Å²) in [6, 6.07) is -0.314. The lowest BCUT2D eigenvalue weighted by Crippen LogP contribution is -2.36. The highest BCUT2D eigenvalue weighted by Crippen LogP contribution is 2.14.